The lowest BCUT2D eigenvalue weighted by Crippen LogP contribution is -2.35. The zero-order valence-corrected chi connectivity index (χ0v) is 10.4. The fourth-order valence-electron chi connectivity index (χ4n) is 1.27. The SMILES string of the molecule is COC(C)C(=O)NC(C)c1ccc(Cl)cc1. The summed E-state index contributed by atoms with van der Waals surface area (Å²) in [5.41, 5.74) is 1.01. The van der Waals surface area contributed by atoms with E-state index in [1.807, 2.05) is 19.1 Å². The standard InChI is InChI=1S/C12H16ClNO2/c1-8(14-12(15)9(2)16-3)10-4-6-11(13)7-5-10/h4-9H,1-3H3,(H,14,15). The fraction of sp³-hybridized carbons (Fsp3) is 0.417. The largest absolute Gasteiger partial charge is 0.372 e. The summed E-state index contributed by atoms with van der Waals surface area (Å²) in [6.45, 7) is 3.63. The molecule has 88 valence electrons. The number of rotatable bonds is 4. The highest BCUT2D eigenvalue weighted by molar-refractivity contribution is 6.30. The average molecular weight is 242 g/mol. The highest BCUT2D eigenvalue weighted by Gasteiger charge is 2.14. The Balaban J connectivity index is 2.62. The van der Waals surface area contributed by atoms with Gasteiger partial charge in [-0.05, 0) is 31.5 Å². The number of ether oxygens (including phenoxy) is 1. The van der Waals surface area contributed by atoms with Gasteiger partial charge in [0.1, 0.15) is 6.10 Å². The van der Waals surface area contributed by atoms with Crippen LogP contribution in [0.3, 0.4) is 0 Å². The second kappa shape index (κ2) is 5.87. The second-order valence-electron chi connectivity index (χ2n) is 3.66. The number of hydrogen-bond acceptors (Lipinski definition) is 2. The summed E-state index contributed by atoms with van der Waals surface area (Å²) in [7, 11) is 1.51. The Morgan fingerprint density at radius 1 is 1.31 bits per heavy atom. The van der Waals surface area contributed by atoms with E-state index < -0.39 is 6.10 Å². The van der Waals surface area contributed by atoms with Gasteiger partial charge in [-0.25, -0.2) is 0 Å². The molecule has 16 heavy (non-hydrogen) atoms. The molecule has 0 heterocycles. The maximum Gasteiger partial charge on any atom is 0.249 e. The zero-order chi connectivity index (χ0) is 12.1. The van der Waals surface area contributed by atoms with Crippen LogP contribution < -0.4 is 5.32 Å². The van der Waals surface area contributed by atoms with E-state index in [-0.39, 0.29) is 11.9 Å². The number of halogens is 1. The molecular weight excluding hydrogens is 226 g/mol. The van der Waals surface area contributed by atoms with Gasteiger partial charge in [0.2, 0.25) is 5.91 Å². The van der Waals surface area contributed by atoms with Gasteiger partial charge in [-0.2, -0.15) is 0 Å². The Bertz CT molecular complexity index is 351. The molecule has 2 unspecified atom stereocenters. The molecule has 4 heteroatoms. The predicted molar refractivity (Wildman–Crippen MR) is 64.5 cm³/mol. The van der Waals surface area contributed by atoms with Gasteiger partial charge in [-0.3, -0.25) is 4.79 Å². The van der Waals surface area contributed by atoms with Crippen LogP contribution in [-0.2, 0) is 9.53 Å². The second-order valence-corrected chi connectivity index (χ2v) is 4.10. The Morgan fingerprint density at radius 2 is 1.88 bits per heavy atom. The maximum absolute atomic E-state index is 11.6. The molecular formula is C12H16ClNO2. The van der Waals surface area contributed by atoms with Crippen molar-refractivity contribution in [3.63, 3.8) is 0 Å². The third-order valence-electron chi connectivity index (χ3n) is 2.45. The molecule has 0 fully saturated rings. The fourth-order valence-corrected chi connectivity index (χ4v) is 1.40. The number of benzene rings is 1. The van der Waals surface area contributed by atoms with Crippen molar-refractivity contribution in [1.82, 2.24) is 5.32 Å². The third kappa shape index (κ3) is 3.51. The van der Waals surface area contributed by atoms with E-state index >= 15 is 0 Å². The molecule has 0 aliphatic heterocycles. The first-order valence-corrected chi connectivity index (χ1v) is 5.51. The van der Waals surface area contributed by atoms with E-state index in [4.69, 9.17) is 16.3 Å². The first-order chi connectivity index (χ1) is 7.54. The van der Waals surface area contributed by atoms with Crippen molar-refractivity contribution in [2.24, 2.45) is 0 Å². The van der Waals surface area contributed by atoms with Crippen molar-refractivity contribution in [1.29, 1.82) is 0 Å². The molecule has 1 aromatic carbocycles. The highest BCUT2D eigenvalue weighted by atomic mass is 35.5. The quantitative estimate of drug-likeness (QED) is 0.880. The molecule has 0 aliphatic rings. The van der Waals surface area contributed by atoms with Gasteiger partial charge in [-0.1, -0.05) is 23.7 Å². The van der Waals surface area contributed by atoms with Crippen molar-refractivity contribution >= 4 is 17.5 Å². The number of methoxy groups -OCH3 is 1. The van der Waals surface area contributed by atoms with Gasteiger partial charge < -0.3 is 10.1 Å². The summed E-state index contributed by atoms with van der Waals surface area (Å²) in [6.07, 6.45) is -0.435. The van der Waals surface area contributed by atoms with Crippen molar-refractivity contribution < 1.29 is 9.53 Å². The van der Waals surface area contributed by atoms with Crippen LogP contribution in [-0.4, -0.2) is 19.1 Å². The molecule has 0 bridgehead atoms. The zero-order valence-electron chi connectivity index (χ0n) is 9.66. The number of hydrogen-bond donors (Lipinski definition) is 1. The van der Waals surface area contributed by atoms with Crippen LogP contribution in [0.1, 0.15) is 25.5 Å². The number of carbonyl (C=O) groups excluding carboxylic acids is 1. The number of nitrogens with one attached hydrogen (secondary N) is 1. The third-order valence-corrected chi connectivity index (χ3v) is 2.70. The molecule has 0 saturated heterocycles. The Morgan fingerprint density at radius 3 is 2.38 bits per heavy atom. The van der Waals surface area contributed by atoms with Crippen LogP contribution in [0, 0.1) is 0 Å². The molecule has 0 spiro atoms. The summed E-state index contributed by atoms with van der Waals surface area (Å²) in [4.78, 5) is 11.6. The van der Waals surface area contributed by atoms with Gasteiger partial charge in [0.05, 0.1) is 6.04 Å². The summed E-state index contributed by atoms with van der Waals surface area (Å²) in [5, 5.41) is 3.55. The van der Waals surface area contributed by atoms with Gasteiger partial charge >= 0.3 is 0 Å². The topological polar surface area (TPSA) is 38.3 Å². The van der Waals surface area contributed by atoms with Crippen LogP contribution in [0.2, 0.25) is 5.02 Å². The van der Waals surface area contributed by atoms with Crippen molar-refractivity contribution in [2.75, 3.05) is 7.11 Å². The van der Waals surface area contributed by atoms with Gasteiger partial charge in [0.25, 0.3) is 0 Å². The normalized spacial score (nSPS) is 14.2. The lowest BCUT2D eigenvalue weighted by Gasteiger charge is -2.17. The molecule has 1 aromatic rings. The smallest absolute Gasteiger partial charge is 0.249 e. The highest BCUT2D eigenvalue weighted by Crippen LogP contribution is 2.16. The first kappa shape index (κ1) is 13.0. The molecule has 0 aromatic heterocycles. The van der Waals surface area contributed by atoms with Crippen molar-refractivity contribution in [3.05, 3.63) is 34.9 Å². The molecule has 1 N–H and O–H groups in total. The molecule has 0 radical (unpaired) electrons. The molecule has 2 atom stereocenters. The lowest BCUT2D eigenvalue weighted by atomic mass is 10.1. The minimum Gasteiger partial charge on any atom is -0.372 e. The first-order valence-electron chi connectivity index (χ1n) is 5.13. The summed E-state index contributed by atoms with van der Waals surface area (Å²) in [6, 6.07) is 7.34. The van der Waals surface area contributed by atoms with Crippen LogP contribution >= 0.6 is 11.6 Å². The van der Waals surface area contributed by atoms with Crippen molar-refractivity contribution in [3.8, 4) is 0 Å². The Hall–Kier alpha value is -1.06. The Kier molecular flexibility index (Phi) is 4.77. The summed E-state index contributed by atoms with van der Waals surface area (Å²) >= 11 is 5.79. The monoisotopic (exact) mass is 241 g/mol. The molecule has 3 nitrogen and oxygen atoms in total. The van der Waals surface area contributed by atoms with Crippen molar-refractivity contribution in [2.45, 2.75) is 26.0 Å². The van der Waals surface area contributed by atoms with Crippen LogP contribution in [0.5, 0.6) is 0 Å². The van der Waals surface area contributed by atoms with Gasteiger partial charge in [-0.15, -0.1) is 0 Å². The average Bonchev–Trinajstić information content (AvgIpc) is 2.28. The van der Waals surface area contributed by atoms with Gasteiger partial charge in [0.15, 0.2) is 0 Å². The molecule has 1 rings (SSSR count). The van der Waals surface area contributed by atoms with E-state index in [0.717, 1.165) is 5.56 Å². The van der Waals surface area contributed by atoms with E-state index in [1.165, 1.54) is 7.11 Å². The van der Waals surface area contributed by atoms with E-state index in [2.05, 4.69) is 5.32 Å². The summed E-state index contributed by atoms with van der Waals surface area (Å²) < 4.78 is 4.93. The number of amides is 1. The van der Waals surface area contributed by atoms with Gasteiger partial charge in [0, 0.05) is 12.1 Å². The molecule has 0 saturated carbocycles. The lowest BCUT2D eigenvalue weighted by molar-refractivity contribution is -0.130. The minimum atomic E-state index is -0.435. The van der Waals surface area contributed by atoms with Crippen LogP contribution in [0.15, 0.2) is 24.3 Å². The molecule has 1 amide bonds. The molecule has 0 aliphatic carbocycles. The van der Waals surface area contributed by atoms with E-state index in [1.54, 1.807) is 19.1 Å². The van der Waals surface area contributed by atoms with Crippen LogP contribution in [0.4, 0.5) is 0 Å². The number of carbonyl (C=O) groups is 1. The summed E-state index contributed by atoms with van der Waals surface area (Å²) in [5.74, 6) is -0.120. The maximum atomic E-state index is 11.6. The Labute approximate surface area is 101 Å². The van der Waals surface area contributed by atoms with E-state index in [9.17, 15) is 4.79 Å². The van der Waals surface area contributed by atoms with E-state index in [0.29, 0.717) is 5.02 Å². The predicted octanol–water partition coefficient (Wildman–Crippen LogP) is 2.55. The van der Waals surface area contributed by atoms with Crippen LogP contribution in [0.25, 0.3) is 0 Å². The minimum absolute atomic E-state index is 0.0534.